The molecule has 1 rings (SSSR count). The average molecular weight is 240 g/mol. The van der Waals surface area contributed by atoms with Gasteiger partial charge in [0.05, 0.1) is 6.07 Å². The van der Waals surface area contributed by atoms with Crippen LogP contribution in [0.3, 0.4) is 0 Å². The molecule has 0 unspecified atom stereocenters. The van der Waals surface area contributed by atoms with E-state index in [4.69, 9.17) is 21.3 Å². The highest BCUT2D eigenvalue weighted by Crippen LogP contribution is 2.27. The summed E-state index contributed by atoms with van der Waals surface area (Å²) in [7, 11) is -1.73. The highest BCUT2D eigenvalue weighted by molar-refractivity contribution is 6.69. The summed E-state index contributed by atoms with van der Waals surface area (Å²) in [5.41, 5.74) is 0.754. The predicted molar refractivity (Wildman–Crippen MR) is 64.2 cm³/mol. The Morgan fingerprint density at radius 3 is 2.40 bits per heavy atom. The number of nitriles is 1. The lowest BCUT2D eigenvalue weighted by atomic mass is 10.1. The van der Waals surface area contributed by atoms with Crippen molar-refractivity contribution in [2.75, 3.05) is 0 Å². The highest BCUT2D eigenvalue weighted by Gasteiger charge is 2.23. The lowest BCUT2D eigenvalue weighted by Crippen LogP contribution is -2.27. The standard InChI is InChI=1S/C11H14ClNOSi/c1-15(2,3)14-11(8-13)9-6-4-5-7-10(9)12/h4-7,11H,1-3H3/t11-/m1/s1. The summed E-state index contributed by atoms with van der Waals surface area (Å²) in [6.07, 6.45) is -0.551. The van der Waals surface area contributed by atoms with E-state index < -0.39 is 14.4 Å². The molecular weight excluding hydrogens is 226 g/mol. The van der Waals surface area contributed by atoms with Crippen LogP contribution in [0.1, 0.15) is 11.7 Å². The van der Waals surface area contributed by atoms with Gasteiger partial charge in [0, 0.05) is 10.6 Å². The van der Waals surface area contributed by atoms with E-state index in [-0.39, 0.29) is 0 Å². The molecule has 2 nitrogen and oxygen atoms in total. The van der Waals surface area contributed by atoms with Crippen molar-refractivity contribution in [1.29, 1.82) is 5.26 Å². The molecule has 0 radical (unpaired) electrons. The normalized spacial score (nSPS) is 13.3. The molecule has 0 aliphatic heterocycles. The minimum atomic E-state index is -1.73. The van der Waals surface area contributed by atoms with Crippen LogP contribution >= 0.6 is 11.6 Å². The molecule has 0 bridgehead atoms. The summed E-state index contributed by atoms with van der Waals surface area (Å²) in [5, 5.41) is 9.64. The van der Waals surface area contributed by atoms with Crippen molar-refractivity contribution < 1.29 is 4.43 Å². The molecule has 0 heterocycles. The highest BCUT2D eigenvalue weighted by atomic mass is 35.5. The Labute approximate surface area is 96.6 Å². The third kappa shape index (κ3) is 3.67. The van der Waals surface area contributed by atoms with Gasteiger partial charge in [-0.15, -0.1) is 0 Å². The van der Waals surface area contributed by atoms with Crippen LogP contribution < -0.4 is 0 Å². The Morgan fingerprint density at radius 2 is 1.93 bits per heavy atom. The summed E-state index contributed by atoms with van der Waals surface area (Å²) < 4.78 is 5.75. The zero-order chi connectivity index (χ0) is 11.5. The molecule has 15 heavy (non-hydrogen) atoms. The second-order valence-electron chi connectivity index (χ2n) is 4.26. The van der Waals surface area contributed by atoms with Crippen LogP contribution in [0.4, 0.5) is 0 Å². The Morgan fingerprint density at radius 1 is 1.33 bits per heavy atom. The van der Waals surface area contributed by atoms with E-state index in [1.165, 1.54) is 0 Å². The fourth-order valence-corrected chi connectivity index (χ4v) is 2.32. The lowest BCUT2D eigenvalue weighted by molar-refractivity contribution is 0.255. The van der Waals surface area contributed by atoms with Crippen LogP contribution in [0.15, 0.2) is 24.3 Å². The van der Waals surface area contributed by atoms with Gasteiger partial charge in [0.25, 0.3) is 0 Å². The summed E-state index contributed by atoms with van der Waals surface area (Å²) in [6.45, 7) is 6.15. The molecule has 4 heteroatoms. The van der Waals surface area contributed by atoms with E-state index in [1.54, 1.807) is 6.07 Å². The first-order valence-electron chi connectivity index (χ1n) is 4.76. The summed E-state index contributed by atoms with van der Waals surface area (Å²) in [5.74, 6) is 0. The van der Waals surface area contributed by atoms with Crippen LogP contribution in [0.5, 0.6) is 0 Å². The Balaban J connectivity index is 2.95. The molecule has 0 fully saturated rings. The van der Waals surface area contributed by atoms with Gasteiger partial charge in [0.2, 0.25) is 0 Å². The fraction of sp³-hybridized carbons (Fsp3) is 0.364. The third-order valence-corrected chi connectivity index (χ3v) is 3.06. The quantitative estimate of drug-likeness (QED) is 0.753. The molecule has 0 saturated heterocycles. The van der Waals surface area contributed by atoms with Crippen molar-refractivity contribution in [1.82, 2.24) is 0 Å². The number of hydrogen-bond acceptors (Lipinski definition) is 2. The van der Waals surface area contributed by atoms with Gasteiger partial charge in [-0.2, -0.15) is 5.26 Å². The van der Waals surface area contributed by atoms with Gasteiger partial charge >= 0.3 is 0 Å². The van der Waals surface area contributed by atoms with E-state index >= 15 is 0 Å². The van der Waals surface area contributed by atoms with Crippen molar-refractivity contribution in [3.63, 3.8) is 0 Å². The molecule has 0 aliphatic carbocycles. The lowest BCUT2D eigenvalue weighted by Gasteiger charge is -2.22. The van der Waals surface area contributed by atoms with Crippen molar-refractivity contribution in [2.45, 2.75) is 25.7 Å². The number of halogens is 1. The number of hydrogen-bond donors (Lipinski definition) is 0. The van der Waals surface area contributed by atoms with Gasteiger partial charge in [-0.05, 0) is 25.7 Å². The smallest absolute Gasteiger partial charge is 0.186 e. The van der Waals surface area contributed by atoms with Gasteiger partial charge in [0.1, 0.15) is 0 Å². The number of nitrogens with zero attached hydrogens (tertiary/aromatic N) is 1. The topological polar surface area (TPSA) is 33.0 Å². The summed E-state index contributed by atoms with van der Waals surface area (Å²) in [4.78, 5) is 0. The van der Waals surface area contributed by atoms with E-state index in [9.17, 15) is 0 Å². The Hall–Kier alpha value is -0.823. The third-order valence-electron chi connectivity index (χ3n) is 1.78. The zero-order valence-corrected chi connectivity index (χ0v) is 10.9. The minimum absolute atomic E-state index is 0.551. The van der Waals surface area contributed by atoms with E-state index in [0.717, 1.165) is 5.56 Å². The van der Waals surface area contributed by atoms with Crippen molar-refractivity contribution in [3.8, 4) is 6.07 Å². The van der Waals surface area contributed by atoms with Gasteiger partial charge in [-0.25, -0.2) is 0 Å². The van der Waals surface area contributed by atoms with Crippen molar-refractivity contribution in [2.24, 2.45) is 0 Å². The summed E-state index contributed by atoms with van der Waals surface area (Å²) >= 11 is 6.01. The summed E-state index contributed by atoms with van der Waals surface area (Å²) in [6, 6.07) is 9.45. The first-order valence-corrected chi connectivity index (χ1v) is 8.54. The van der Waals surface area contributed by atoms with Crippen LogP contribution in [0, 0.1) is 11.3 Å². The molecule has 0 saturated carbocycles. The van der Waals surface area contributed by atoms with Crippen molar-refractivity contribution in [3.05, 3.63) is 34.9 Å². The van der Waals surface area contributed by atoms with E-state index in [2.05, 4.69) is 6.07 Å². The SMILES string of the molecule is C[Si](C)(C)O[C@H](C#N)c1ccccc1Cl. The van der Waals surface area contributed by atoms with Crippen LogP contribution in [0.25, 0.3) is 0 Å². The zero-order valence-electron chi connectivity index (χ0n) is 9.12. The number of benzene rings is 1. The molecular formula is C11H14ClNOSi. The first kappa shape index (κ1) is 12.2. The molecule has 0 spiro atoms. The van der Waals surface area contributed by atoms with E-state index in [1.807, 2.05) is 37.8 Å². The van der Waals surface area contributed by atoms with Gasteiger partial charge in [-0.3, -0.25) is 0 Å². The fourth-order valence-electron chi connectivity index (χ4n) is 1.20. The maximum absolute atomic E-state index is 9.06. The van der Waals surface area contributed by atoms with E-state index in [0.29, 0.717) is 5.02 Å². The minimum Gasteiger partial charge on any atom is -0.399 e. The molecule has 0 amide bonds. The first-order chi connectivity index (χ1) is 6.94. The monoisotopic (exact) mass is 239 g/mol. The molecule has 0 aliphatic rings. The molecule has 1 aromatic rings. The maximum Gasteiger partial charge on any atom is 0.186 e. The van der Waals surface area contributed by atoms with Gasteiger partial charge < -0.3 is 4.43 Å². The largest absolute Gasteiger partial charge is 0.399 e. The van der Waals surface area contributed by atoms with Crippen LogP contribution in [-0.2, 0) is 4.43 Å². The average Bonchev–Trinajstić information content (AvgIpc) is 2.14. The predicted octanol–water partition coefficient (Wildman–Crippen LogP) is 3.76. The molecule has 0 aromatic heterocycles. The van der Waals surface area contributed by atoms with Crippen LogP contribution in [-0.4, -0.2) is 8.32 Å². The van der Waals surface area contributed by atoms with Gasteiger partial charge in [-0.1, -0.05) is 29.8 Å². The molecule has 80 valence electrons. The number of rotatable bonds is 3. The van der Waals surface area contributed by atoms with Crippen LogP contribution in [0.2, 0.25) is 24.7 Å². The van der Waals surface area contributed by atoms with Crippen molar-refractivity contribution >= 4 is 19.9 Å². The Bertz CT molecular complexity index is 381. The second-order valence-corrected chi connectivity index (χ2v) is 9.13. The molecule has 1 atom stereocenters. The van der Waals surface area contributed by atoms with Gasteiger partial charge in [0.15, 0.2) is 14.4 Å². The maximum atomic E-state index is 9.06. The Kier molecular flexibility index (Phi) is 3.92. The molecule has 0 N–H and O–H groups in total. The second kappa shape index (κ2) is 4.80. The molecule has 1 aromatic carbocycles.